The molecule has 1 aromatic rings. The van der Waals surface area contributed by atoms with Gasteiger partial charge < -0.3 is 9.80 Å². The van der Waals surface area contributed by atoms with Crippen LogP contribution in [0.4, 0.5) is 0 Å². The van der Waals surface area contributed by atoms with Gasteiger partial charge in [-0.05, 0) is 6.07 Å². The molecule has 2 aliphatic heterocycles. The zero-order chi connectivity index (χ0) is 16.7. The predicted octanol–water partition coefficient (Wildman–Crippen LogP) is 0.695. The third kappa shape index (κ3) is 2.77. The van der Waals surface area contributed by atoms with E-state index < -0.39 is 11.9 Å². The van der Waals surface area contributed by atoms with Gasteiger partial charge in [0.2, 0.25) is 5.91 Å². The molecule has 124 valence electrons. The maximum atomic E-state index is 12.7. The van der Waals surface area contributed by atoms with Gasteiger partial charge in [0.1, 0.15) is 11.2 Å². The molecule has 0 bridgehead atoms. The number of fused-ring (bicyclic) bond motifs is 1. The molecule has 0 fully saturated rings. The number of carbonyl (C=O) groups is 2. The van der Waals surface area contributed by atoms with Crippen LogP contribution in [0.3, 0.4) is 0 Å². The van der Waals surface area contributed by atoms with Gasteiger partial charge in [-0.1, -0.05) is 23.2 Å². The number of amides is 2. The summed E-state index contributed by atoms with van der Waals surface area (Å²) in [6.45, 7) is 1.29. The topological polar surface area (TPSA) is 90.7 Å². The zero-order valence-electron chi connectivity index (χ0n) is 12.3. The Morgan fingerprint density at radius 1 is 1.39 bits per heavy atom. The average molecular weight is 360 g/mol. The van der Waals surface area contributed by atoms with Crippen molar-refractivity contribution in [3.8, 4) is 0 Å². The fourth-order valence-corrected chi connectivity index (χ4v) is 3.28. The van der Waals surface area contributed by atoms with Crippen molar-refractivity contribution in [2.45, 2.75) is 25.6 Å². The summed E-state index contributed by atoms with van der Waals surface area (Å²) < 4.78 is 1.66. The Morgan fingerprint density at radius 3 is 2.74 bits per heavy atom. The minimum absolute atomic E-state index is 0.0677. The van der Waals surface area contributed by atoms with E-state index in [0.717, 1.165) is 5.69 Å². The molecule has 0 aliphatic carbocycles. The molecule has 2 N–H and O–H groups in total. The summed E-state index contributed by atoms with van der Waals surface area (Å²) >= 11 is 12.1. The lowest BCUT2D eigenvalue weighted by atomic mass is 10.1. The van der Waals surface area contributed by atoms with Crippen LogP contribution in [0.5, 0.6) is 0 Å². The van der Waals surface area contributed by atoms with E-state index in [9.17, 15) is 9.59 Å². The molecule has 2 amide bonds. The van der Waals surface area contributed by atoms with Crippen LogP contribution in [-0.2, 0) is 17.9 Å². The normalized spacial score (nSPS) is 20.8. The lowest BCUT2D eigenvalue weighted by Crippen LogP contribution is -2.47. The van der Waals surface area contributed by atoms with E-state index in [4.69, 9.17) is 28.4 Å². The van der Waals surface area contributed by atoms with Crippen LogP contribution in [0.15, 0.2) is 16.3 Å². The van der Waals surface area contributed by atoms with E-state index >= 15 is 0 Å². The third-order valence-electron chi connectivity index (χ3n) is 4.10. The minimum Gasteiger partial charge on any atom is -0.352 e. The lowest BCUT2D eigenvalue weighted by molar-refractivity contribution is -0.136. The summed E-state index contributed by atoms with van der Waals surface area (Å²) in [7, 11) is 1.73. The van der Waals surface area contributed by atoms with E-state index in [-0.39, 0.29) is 11.6 Å². The number of hydrogen-bond donors (Lipinski definition) is 2. The summed E-state index contributed by atoms with van der Waals surface area (Å²) in [6, 6.07) is 1.14. The molecule has 10 heteroatoms. The van der Waals surface area contributed by atoms with Crippen LogP contribution in [0, 0.1) is 0 Å². The molecule has 2 aliphatic rings. The second kappa shape index (κ2) is 6.03. The molecule has 3 heterocycles. The number of carbonyl (C=O) groups excluding carboxylic acids is 2. The minimum atomic E-state index is -0.678. The van der Waals surface area contributed by atoms with Crippen LogP contribution in [0.2, 0.25) is 0 Å². The largest absolute Gasteiger partial charge is 0.352 e. The van der Waals surface area contributed by atoms with Gasteiger partial charge in [0.05, 0.1) is 23.8 Å². The van der Waals surface area contributed by atoms with E-state index in [1.54, 1.807) is 33.1 Å². The summed E-state index contributed by atoms with van der Waals surface area (Å²) in [6.07, 6.45) is 0.393. The molecule has 1 unspecified atom stereocenters. The van der Waals surface area contributed by atoms with Gasteiger partial charge in [0, 0.05) is 20.0 Å². The van der Waals surface area contributed by atoms with E-state index in [1.165, 1.54) is 0 Å². The molecule has 8 nitrogen and oxygen atoms in total. The number of nitrogens with one attached hydrogen (secondary N) is 1. The molecule has 0 saturated carbocycles. The first-order valence-corrected chi connectivity index (χ1v) is 7.75. The maximum Gasteiger partial charge on any atom is 0.295 e. The summed E-state index contributed by atoms with van der Waals surface area (Å²) in [5.41, 5.74) is 2.39. The molecule has 0 radical (unpaired) electrons. The monoisotopic (exact) mass is 359 g/mol. The van der Waals surface area contributed by atoms with Crippen LogP contribution in [0.1, 0.15) is 22.6 Å². The highest BCUT2D eigenvalue weighted by Gasteiger charge is 2.36. The summed E-state index contributed by atoms with van der Waals surface area (Å²) in [5.74, 6) is -0.745. The van der Waals surface area contributed by atoms with Crippen molar-refractivity contribution in [1.29, 1.82) is 0 Å². The molecule has 0 saturated heterocycles. The fraction of sp³-hybridized carbons (Fsp3) is 0.462. The molecule has 1 aromatic heterocycles. The van der Waals surface area contributed by atoms with Crippen molar-refractivity contribution >= 4 is 35.0 Å². The highest BCUT2D eigenvalue weighted by atomic mass is 35.5. The second-order valence-corrected chi connectivity index (χ2v) is 6.29. The van der Waals surface area contributed by atoms with Gasteiger partial charge in [-0.15, -0.1) is 0 Å². The van der Waals surface area contributed by atoms with E-state index in [2.05, 4.69) is 5.10 Å². The molecule has 23 heavy (non-hydrogen) atoms. The van der Waals surface area contributed by atoms with Gasteiger partial charge in [0.25, 0.3) is 5.91 Å². The van der Waals surface area contributed by atoms with Crippen LogP contribution in [-0.4, -0.2) is 56.2 Å². The Hall–Kier alpha value is -1.77. The van der Waals surface area contributed by atoms with E-state index in [1.807, 2.05) is 0 Å². The summed E-state index contributed by atoms with van der Waals surface area (Å²) in [4.78, 5) is 27.5. The second-order valence-electron chi connectivity index (χ2n) is 5.47. The lowest BCUT2D eigenvalue weighted by Gasteiger charge is -2.32. The van der Waals surface area contributed by atoms with Crippen molar-refractivity contribution < 1.29 is 14.8 Å². The highest BCUT2D eigenvalue weighted by molar-refractivity contribution is 6.39. The number of hydroxylamine groups is 1. The van der Waals surface area contributed by atoms with Crippen molar-refractivity contribution in [3.05, 3.63) is 27.6 Å². The first-order valence-electron chi connectivity index (χ1n) is 6.99. The Bertz CT molecular complexity index is 702. The molecule has 3 rings (SSSR count). The van der Waals surface area contributed by atoms with Crippen molar-refractivity contribution in [2.75, 3.05) is 13.6 Å². The quantitative estimate of drug-likeness (QED) is 0.460. The Balaban J connectivity index is 1.74. The number of nitrogens with zero attached hydrogens (tertiary/aromatic N) is 4. The van der Waals surface area contributed by atoms with Gasteiger partial charge in [-0.2, -0.15) is 5.10 Å². The maximum absolute atomic E-state index is 12.7. The van der Waals surface area contributed by atoms with Gasteiger partial charge >= 0.3 is 0 Å². The van der Waals surface area contributed by atoms with Gasteiger partial charge in [-0.25, -0.2) is 5.48 Å². The average Bonchev–Trinajstić information content (AvgIpc) is 3.09. The smallest absolute Gasteiger partial charge is 0.295 e. The SMILES string of the molecule is CN1C(Cl)=C(Cl)CC1C(=O)N1CCn2nc(C(=O)NO)cc2C1. The third-order valence-corrected chi connectivity index (χ3v) is 5.03. The highest BCUT2D eigenvalue weighted by Crippen LogP contribution is 2.33. The molecular weight excluding hydrogens is 345 g/mol. The van der Waals surface area contributed by atoms with Crippen LogP contribution < -0.4 is 5.48 Å². The Kier molecular flexibility index (Phi) is 4.22. The zero-order valence-corrected chi connectivity index (χ0v) is 13.8. The standard InChI is InChI=1S/C13H15Cl2N5O3/c1-18-10(5-8(14)11(18)15)13(22)19-2-3-20-7(6-19)4-9(16-20)12(21)17-23/h4,10,23H,2-3,5-6H2,1H3,(H,17,21). The fourth-order valence-electron chi connectivity index (χ4n) is 2.81. The van der Waals surface area contributed by atoms with Crippen LogP contribution in [0.25, 0.3) is 0 Å². The molecule has 0 spiro atoms. The van der Waals surface area contributed by atoms with Crippen LogP contribution >= 0.6 is 23.2 Å². The Labute approximate surface area is 142 Å². The first kappa shape index (κ1) is 16.1. The number of halogens is 2. The Morgan fingerprint density at radius 2 is 2.13 bits per heavy atom. The summed E-state index contributed by atoms with van der Waals surface area (Å²) in [5, 5.41) is 13.6. The molecule has 1 atom stereocenters. The van der Waals surface area contributed by atoms with E-state index in [0.29, 0.717) is 36.2 Å². The predicted molar refractivity (Wildman–Crippen MR) is 81.8 cm³/mol. The molecular formula is C13H15Cl2N5O3. The van der Waals surface area contributed by atoms with Crippen molar-refractivity contribution in [1.82, 2.24) is 25.1 Å². The number of likely N-dealkylation sites (N-methyl/N-ethyl adjacent to an activating group) is 1. The number of hydrogen-bond acceptors (Lipinski definition) is 5. The van der Waals surface area contributed by atoms with Gasteiger partial charge in [0.15, 0.2) is 5.69 Å². The van der Waals surface area contributed by atoms with Crippen molar-refractivity contribution in [3.63, 3.8) is 0 Å². The van der Waals surface area contributed by atoms with Gasteiger partial charge in [-0.3, -0.25) is 19.5 Å². The first-order chi connectivity index (χ1) is 10.9. The van der Waals surface area contributed by atoms with Crippen molar-refractivity contribution in [2.24, 2.45) is 0 Å². The number of aromatic nitrogens is 2. The molecule has 0 aromatic carbocycles. The number of rotatable bonds is 2.